The van der Waals surface area contributed by atoms with Crippen LogP contribution < -0.4 is 10.6 Å². The lowest BCUT2D eigenvalue weighted by molar-refractivity contribution is -0.132. The van der Waals surface area contributed by atoms with Gasteiger partial charge in [-0.05, 0) is 12.8 Å². The van der Waals surface area contributed by atoms with Crippen LogP contribution in [0.4, 0.5) is 0 Å². The molecule has 1 atom stereocenters. The van der Waals surface area contributed by atoms with E-state index in [1.54, 1.807) is 27.1 Å². The summed E-state index contributed by atoms with van der Waals surface area (Å²) in [5.41, 5.74) is 0.559. The molecule has 108 valence electrons. The maximum atomic E-state index is 11.8. The average molecular weight is 269 g/mol. The zero-order chi connectivity index (χ0) is 15.0. The van der Waals surface area contributed by atoms with Gasteiger partial charge in [0, 0.05) is 19.7 Å². The largest absolute Gasteiger partial charge is 0.355 e. The maximum absolute atomic E-state index is 11.8. The van der Waals surface area contributed by atoms with Gasteiger partial charge in [-0.25, -0.2) is 0 Å². The molecule has 0 aliphatic carbocycles. The quantitative estimate of drug-likeness (QED) is 0.501. The molecule has 0 aromatic heterocycles. The molecular weight excluding hydrogens is 246 g/mol. The average Bonchev–Trinajstić information content (AvgIpc) is 2.39. The highest BCUT2D eigenvalue weighted by Crippen LogP contribution is 2.13. The maximum Gasteiger partial charge on any atom is 0.246 e. The van der Waals surface area contributed by atoms with E-state index in [4.69, 9.17) is 0 Å². The van der Waals surface area contributed by atoms with Crippen molar-refractivity contribution in [1.82, 2.24) is 15.5 Å². The van der Waals surface area contributed by atoms with Gasteiger partial charge in [-0.2, -0.15) is 0 Å². The van der Waals surface area contributed by atoms with Crippen molar-refractivity contribution in [3.63, 3.8) is 0 Å². The minimum Gasteiger partial charge on any atom is -0.355 e. The van der Waals surface area contributed by atoms with Crippen molar-refractivity contribution in [3.8, 4) is 0 Å². The van der Waals surface area contributed by atoms with E-state index in [1.165, 1.54) is 4.90 Å². The summed E-state index contributed by atoms with van der Waals surface area (Å²) in [6, 6.07) is -0.196. The van der Waals surface area contributed by atoms with Crippen LogP contribution in [0.3, 0.4) is 0 Å². The molecule has 0 saturated carbocycles. The van der Waals surface area contributed by atoms with Crippen molar-refractivity contribution < 1.29 is 14.4 Å². The number of amides is 3. The minimum atomic E-state index is -0.202. The zero-order valence-corrected chi connectivity index (χ0v) is 12.2. The van der Waals surface area contributed by atoms with Crippen molar-refractivity contribution >= 4 is 18.2 Å². The van der Waals surface area contributed by atoms with Crippen molar-refractivity contribution in [2.24, 2.45) is 5.92 Å². The molecular formula is C13H23N3O3. The second kappa shape index (κ2) is 8.29. The fourth-order valence-electron chi connectivity index (χ4n) is 1.70. The fourth-order valence-corrected chi connectivity index (χ4v) is 1.70. The molecule has 0 saturated heterocycles. The van der Waals surface area contributed by atoms with Crippen LogP contribution >= 0.6 is 0 Å². The summed E-state index contributed by atoms with van der Waals surface area (Å²) in [7, 11) is 3.22. The molecule has 0 bridgehead atoms. The van der Waals surface area contributed by atoms with E-state index < -0.39 is 0 Å². The number of carbonyl (C=O) groups excluding carboxylic acids is 3. The van der Waals surface area contributed by atoms with Crippen molar-refractivity contribution in [3.05, 3.63) is 11.6 Å². The third-order valence-corrected chi connectivity index (χ3v) is 2.87. The lowest BCUT2D eigenvalue weighted by Crippen LogP contribution is -2.43. The molecule has 0 aliphatic heterocycles. The minimum absolute atomic E-state index is 0.0456. The Balaban J connectivity index is 4.96. The number of hydrogen-bond donors (Lipinski definition) is 2. The van der Waals surface area contributed by atoms with E-state index in [-0.39, 0.29) is 30.3 Å². The zero-order valence-electron chi connectivity index (χ0n) is 12.2. The highest BCUT2D eigenvalue weighted by atomic mass is 16.2. The predicted molar refractivity (Wildman–Crippen MR) is 73.3 cm³/mol. The van der Waals surface area contributed by atoms with Gasteiger partial charge >= 0.3 is 0 Å². The van der Waals surface area contributed by atoms with Crippen LogP contribution in [0, 0.1) is 5.92 Å². The van der Waals surface area contributed by atoms with Gasteiger partial charge in [-0.3, -0.25) is 14.4 Å². The van der Waals surface area contributed by atoms with Gasteiger partial charge in [0.25, 0.3) is 0 Å². The first-order valence-electron chi connectivity index (χ1n) is 6.18. The molecule has 3 amide bonds. The Bertz CT molecular complexity index is 364. The lowest BCUT2D eigenvalue weighted by atomic mass is 10.00. The first-order chi connectivity index (χ1) is 8.84. The normalized spacial score (nSPS) is 12.8. The summed E-state index contributed by atoms with van der Waals surface area (Å²) in [6.45, 7) is 5.59. The fraction of sp³-hybridized carbons (Fsp3) is 0.615. The molecule has 19 heavy (non-hydrogen) atoms. The Labute approximate surface area is 114 Å². The Hall–Kier alpha value is -1.85. The van der Waals surface area contributed by atoms with E-state index in [1.807, 2.05) is 13.8 Å². The summed E-state index contributed by atoms with van der Waals surface area (Å²) in [5.74, 6) is -0.214. The number of nitrogens with zero attached hydrogens (tertiary/aromatic N) is 1. The Morgan fingerprint density at radius 3 is 2.32 bits per heavy atom. The molecule has 0 heterocycles. The monoisotopic (exact) mass is 269 g/mol. The van der Waals surface area contributed by atoms with E-state index in [0.29, 0.717) is 12.0 Å². The van der Waals surface area contributed by atoms with Gasteiger partial charge in [-0.15, -0.1) is 0 Å². The third kappa shape index (κ3) is 5.54. The molecule has 2 N–H and O–H groups in total. The number of nitrogens with one attached hydrogen (secondary N) is 2. The Morgan fingerprint density at radius 1 is 1.32 bits per heavy atom. The van der Waals surface area contributed by atoms with Crippen LogP contribution in [0.2, 0.25) is 0 Å². The van der Waals surface area contributed by atoms with E-state index in [9.17, 15) is 14.4 Å². The predicted octanol–water partition coefficient (Wildman–Crippen LogP) is -0.0923. The summed E-state index contributed by atoms with van der Waals surface area (Å²) < 4.78 is 0. The number of rotatable bonds is 7. The Kier molecular flexibility index (Phi) is 7.48. The van der Waals surface area contributed by atoms with Gasteiger partial charge < -0.3 is 15.5 Å². The highest BCUT2D eigenvalue weighted by molar-refractivity contribution is 5.92. The smallest absolute Gasteiger partial charge is 0.246 e. The van der Waals surface area contributed by atoms with Gasteiger partial charge in [0.05, 0.1) is 12.6 Å². The number of hydrogen-bond acceptors (Lipinski definition) is 3. The van der Waals surface area contributed by atoms with Crippen molar-refractivity contribution in [2.75, 3.05) is 20.6 Å². The topological polar surface area (TPSA) is 78.5 Å². The number of carbonyl (C=O) groups is 3. The molecule has 0 aromatic rings. The SMILES string of the molecule is CNC(=O)C(C)=C[C@H](C(C)C)N(C)C(=O)CNC=O. The summed E-state index contributed by atoms with van der Waals surface area (Å²) in [5, 5.41) is 4.88. The molecule has 0 aliphatic rings. The van der Waals surface area contributed by atoms with Crippen LogP contribution in [0.5, 0.6) is 0 Å². The highest BCUT2D eigenvalue weighted by Gasteiger charge is 2.21. The van der Waals surface area contributed by atoms with Gasteiger partial charge in [0.15, 0.2) is 0 Å². The first kappa shape index (κ1) is 17.2. The molecule has 0 fully saturated rings. The summed E-state index contributed by atoms with van der Waals surface area (Å²) in [4.78, 5) is 35.1. The summed E-state index contributed by atoms with van der Waals surface area (Å²) in [6.07, 6.45) is 2.25. The summed E-state index contributed by atoms with van der Waals surface area (Å²) >= 11 is 0. The van der Waals surface area contributed by atoms with Gasteiger partial charge in [0.2, 0.25) is 18.2 Å². The molecule has 0 aromatic carbocycles. The second-order valence-corrected chi connectivity index (χ2v) is 4.67. The van der Waals surface area contributed by atoms with Crippen molar-refractivity contribution in [2.45, 2.75) is 26.8 Å². The van der Waals surface area contributed by atoms with Crippen molar-refractivity contribution in [1.29, 1.82) is 0 Å². The second-order valence-electron chi connectivity index (χ2n) is 4.67. The third-order valence-electron chi connectivity index (χ3n) is 2.87. The lowest BCUT2D eigenvalue weighted by Gasteiger charge is -2.29. The number of likely N-dealkylation sites (N-methyl/N-ethyl adjacent to an activating group) is 2. The van der Waals surface area contributed by atoms with Gasteiger partial charge in [0.1, 0.15) is 0 Å². The van der Waals surface area contributed by atoms with Gasteiger partial charge in [-0.1, -0.05) is 19.9 Å². The molecule has 0 radical (unpaired) electrons. The van der Waals surface area contributed by atoms with E-state index in [2.05, 4.69) is 10.6 Å². The first-order valence-corrected chi connectivity index (χ1v) is 6.18. The van der Waals surface area contributed by atoms with Crippen LogP contribution in [0.25, 0.3) is 0 Å². The van der Waals surface area contributed by atoms with Crippen LogP contribution in [-0.4, -0.2) is 49.8 Å². The van der Waals surface area contributed by atoms with Crippen LogP contribution in [0.1, 0.15) is 20.8 Å². The standard InChI is InChI=1S/C13H23N3O3/c1-9(2)11(6-10(3)13(19)14-4)16(5)12(18)7-15-8-17/h6,8-9,11H,7H2,1-5H3,(H,14,19)(H,15,17)/t11-/m1/s1. The Morgan fingerprint density at radius 2 is 1.89 bits per heavy atom. The van der Waals surface area contributed by atoms with Crippen LogP contribution in [-0.2, 0) is 14.4 Å². The molecule has 0 spiro atoms. The van der Waals surface area contributed by atoms with E-state index >= 15 is 0 Å². The molecule has 0 unspecified atom stereocenters. The molecule has 6 nitrogen and oxygen atoms in total. The molecule has 0 rings (SSSR count). The van der Waals surface area contributed by atoms with E-state index in [0.717, 1.165) is 0 Å². The molecule has 6 heteroatoms. The van der Waals surface area contributed by atoms with Crippen LogP contribution in [0.15, 0.2) is 11.6 Å².